The molecule has 0 bridgehead atoms. The molecular formula is C8H6F4INO2. The molecular weight excluding hydrogens is 345 g/mol. The molecule has 0 aromatic carbocycles. The number of aliphatic hydroxyl groups is 1. The molecule has 0 aliphatic rings. The number of hydrogen-bond acceptors (Lipinski definition) is 3. The first kappa shape index (κ1) is 13.4. The van der Waals surface area contributed by atoms with Crippen LogP contribution in [0.2, 0.25) is 0 Å². The number of alkyl halides is 4. The van der Waals surface area contributed by atoms with Crippen molar-refractivity contribution in [1.82, 2.24) is 4.98 Å². The summed E-state index contributed by atoms with van der Waals surface area (Å²) in [5.41, 5.74) is -0.547. The quantitative estimate of drug-likeness (QED) is 0.517. The smallest absolute Gasteiger partial charge is 0.405 e. The maximum atomic E-state index is 12.5. The maximum absolute atomic E-state index is 12.5. The van der Waals surface area contributed by atoms with Crippen molar-refractivity contribution in [3.63, 3.8) is 0 Å². The standard InChI is InChI=1S/C8H6F4INO2/c9-2-4-5(3-15)14-7(13)1-6(4)16-8(10,11)12/h1,15H,2-3H2. The van der Waals surface area contributed by atoms with Gasteiger partial charge in [0.1, 0.15) is 16.1 Å². The number of nitrogens with zero attached hydrogens (tertiary/aromatic N) is 1. The molecule has 1 N–H and O–H groups in total. The van der Waals surface area contributed by atoms with E-state index in [0.717, 1.165) is 6.07 Å². The van der Waals surface area contributed by atoms with E-state index in [0.29, 0.717) is 0 Å². The molecule has 0 atom stereocenters. The van der Waals surface area contributed by atoms with E-state index in [9.17, 15) is 17.6 Å². The molecule has 1 aromatic rings. The van der Waals surface area contributed by atoms with Crippen LogP contribution in [0.4, 0.5) is 17.6 Å². The predicted molar refractivity (Wildman–Crippen MR) is 54.4 cm³/mol. The maximum Gasteiger partial charge on any atom is 0.573 e. The summed E-state index contributed by atoms with van der Waals surface area (Å²) in [5, 5.41) is 8.83. The van der Waals surface area contributed by atoms with E-state index in [-0.39, 0.29) is 15.0 Å². The van der Waals surface area contributed by atoms with Crippen molar-refractivity contribution in [3.8, 4) is 5.75 Å². The zero-order chi connectivity index (χ0) is 12.3. The third-order valence-electron chi connectivity index (χ3n) is 1.65. The van der Waals surface area contributed by atoms with Gasteiger partial charge in [0.2, 0.25) is 0 Å². The second-order valence-electron chi connectivity index (χ2n) is 2.71. The minimum atomic E-state index is -4.90. The molecule has 0 saturated heterocycles. The zero-order valence-corrected chi connectivity index (χ0v) is 9.84. The predicted octanol–water partition coefficient (Wildman–Crippen LogP) is 2.55. The molecule has 1 heterocycles. The van der Waals surface area contributed by atoms with Gasteiger partial charge in [0.05, 0.1) is 12.3 Å². The second-order valence-corrected chi connectivity index (χ2v) is 3.81. The van der Waals surface area contributed by atoms with Gasteiger partial charge in [-0.15, -0.1) is 13.2 Å². The Balaban J connectivity index is 3.20. The van der Waals surface area contributed by atoms with Crippen LogP contribution in [0.1, 0.15) is 11.3 Å². The fourth-order valence-electron chi connectivity index (χ4n) is 1.06. The number of hydrogen-bond donors (Lipinski definition) is 1. The van der Waals surface area contributed by atoms with E-state index >= 15 is 0 Å². The van der Waals surface area contributed by atoms with Gasteiger partial charge in [-0.05, 0) is 22.6 Å². The molecule has 1 aromatic heterocycles. The number of halogens is 5. The van der Waals surface area contributed by atoms with Crippen LogP contribution in [0.3, 0.4) is 0 Å². The minimum absolute atomic E-state index is 0.159. The number of aromatic nitrogens is 1. The third kappa shape index (κ3) is 3.44. The molecule has 3 nitrogen and oxygen atoms in total. The molecule has 0 unspecified atom stereocenters. The lowest BCUT2D eigenvalue weighted by atomic mass is 10.2. The summed E-state index contributed by atoms with van der Waals surface area (Å²) in [6.45, 7) is -1.84. The van der Waals surface area contributed by atoms with Crippen molar-refractivity contribution < 1.29 is 27.4 Å². The summed E-state index contributed by atoms with van der Waals surface area (Å²) in [6.07, 6.45) is -4.90. The highest BCUT2D eigenvalue weighted by atomic mass is 127. The van der Waals surface area contributed by atoms with Gasteiger partial charge in [-0.3, -0.25) is 0 Å². The largest absolute Gasteiger partial charge is 0.573 e. The summed E-state index contributed by atoms with van der Waals surface area (Å²) in [7, 11) is 0. The van der Waals surface area contributed by atoms with Crippen molar-refractivity contribution in [3.05, 3.63) is 21.0 Å². The van der Waals surface area contributed by atoms with E-state index in [4.69, 9.17) is 5.11 Å². The third-order valence-corrected chi connectivity index (χ3v) is 2.20. The highest BCUT2D eigenvalue weighted by Crippen LogP contribution is 2.30. The van der Waals surface area contributed by atoms with Crippen LogP contribution in [-0.2, 0) is 13.3 Å². The van der Waals surface area contributed by atoms with Crippen molar-refractivity contribution in [2.45, 2.75) is 19.6 Å². The molecule has 8 heteroatoms. The average Bonchev–Trinajstić information content (AvgIpc) is 2.14. The van der Waals surface area contributed by atoms with E-state index in [1.165, 1.54) is 0 Å². The number of aliphatic hydroxyl groups excluding tert-OH is 1. The zero-order valence-electron chi connectivity index (χ0n) is 7.68. The van der Waals surface area contributed by atoms with Crippen molar-refractivity contribution in [2.75, 3.05) is 0 Å². The Kier molecular flexibility index (Phi) is 4.30. The van der Waals surface area contributed by atoms with Gasteiger partial charge in [0, 0.05) is 11.6 Å². The Morgan fingerprint density at radius 2 is 2.06 bits per heavy atom. The Morgan fingerprint density at radius 1 is 1.44 bits per heavy atom. The Labute approximate surface area is 102 Å². The molecule has 0 fully saturated rings. The molecule has 0 aliphatic heterocycles. The van der Waals surface area contributed by atoms with Crippen LogP contribution in [0.5, 0.6) is 5.75 Å². The average molecular weight is 351 g/mol. The van der Waals surface area contributed by atoms with Crippen LogP contribution < -0.4 is 4.74 Å². The Morgan fingerprint density at radius 3 is 2.50 bits per heavy atom. The molecule has 0 radical (unpaired) electrons. The van der Waals surface area contributed by atoms with Crippen molar-refractivity contribution in [1.29, 1.82) is 0 Å². The number of rotatable bonds is 3. The van der Waals surface area contributed by atoms with Gasteiger partial charge in [-0.25, -0.2) is 9.37 Å². The highest BCUT2D eigenvalue weighted by Gasteiger charge is 2.33. The number of ether oxygens (including phenoxy) is 1. The van der Waals surface area contributed by atoms with Gasteiger partial charge in [-0.2, -0.15) is 0 Å². The van der Waals surface area contributed by atoms with E-state index in [1.54, 1.807) is 22.6 Å². The molecule has 0 aliphatic carbocycles. The molecule has 0 saturated carbocycles. The first-order chi connectivity index (χ1) is 7.37. The van der Waals surface area contributed by atoms with Crippen LogP contribution in [-0.4, -0.2) is 16.5 Å². The summed E-state index contributed by atoms with van der Waals surface area (Å²) in [6, 6.07) is 0.960. The molecule has 1 rings (SSSR count). The molecule has 0 amide bonds. The Bertz CT molecular complexity index is 383. The Hall–Kier alpha value is -0.640. The lowest BCUT2D eigenvalue weighted by Gasteiger charge is -2.14. The molecule has 90 valence electrons. The molecule has 16 heavy (non-hydrogen) atoms. The number of pyridine rings is 1. The van der Waals surface area contributed by atoms with E-state index in [1.807, 2.05) is 0 Å². The first-order valence-corrected chi connectivity index (χ1v) is 5.06. The summed E-state index contributed by atoms with van der Waals surface area (Å²) in [5.74, 6) is -0.668. The lowest BCUT2D eigenvalue weighted by molar-refractivity contribution is -0.275. The fraction of sp³-hybridized carbons (Fsp3) is 0.375. The van der Waals surface area contributed by atoms with Gasteiger partial charge in [0.25, 0.3) is 0 Å². The van der Waals surface area contributed by atoms with Crippen LogP contribution in [0.25, 0.3) is 0 Å². The van der Waals surface area contributed by atoms with Gasteiger partial charge in [0.15, 0.2) is 0 Å². The fourth-order valence-corrected chi connectivity index (χ4v) is 1.63. The molecule has 0 spiro atoms. The van der Waals surface area contributed by atoms with Gasteiger partial charge >= 0.3 is 6.36 Å². The van der Waals surface area contributed by atoms with E-state index in [2.05, 4.69) is 9.72 Å². The monoisotopic (exact) mass is 351 g/mol. The van der Waals surface area contributed by atoms with Gasteiger partial charge < -0.3 is 9.84 Å². The topological polar surface area (TPSA) is 42.4 Å². The van der Waals surface area contributed by atoms with Gasteiger partial charge in [-0.1, -0.05) is 0 Å². The van der Waals surface area contributed by atoms with Crippen molar-refractivity contribution >= 4 is 22.6 Å². The van der Waals surface area contributed by atoms with Crippen LogP contribution in [0, 0.1) is 3.70 Å². The van der Waals surface area contributed by atoms with Crippen LogP contribution in [0.15, 0.2) is 6.07 Å². The van der Waals surface area contributed by atoms with Crippen molar-refractivity contribution in [2.24, 2.45) is 0 Å². The first-order valence-electron chi connectivity index (χ1n) is 3.98. The SMILES string of the molecule is OCc1nc(I)cc(OC(F)(F)F)c1CF. The minimum Gasteiger partial charge on any atom is -0.405 e. The van der Waals surface area contributed by atoms with E-state index < -0.39 is 25.4 Å². The normalized spacial score (nSPS) is 11.6. The highest BCUT2D eigenvalue weighted by molar-refractivity contribution is 14.1. The summed E-state index contributed by atoms with van der Waals surface area (Å²) < 4.78 is 52.4. The summed E-state index contributed by atoms with van der Waals surface area (Å²) in [4.78, 5) is 3.70. The lowest BCUT2D eigenvalue weighted by Crippen LogP contribution is -2.19. The summed E-state index contributed by atoms with van der Waals surface area (Å²) >= 11 is 1.65. The van der Waals surface area contributed by atoms with Crippen LogP contribution >= 0.6 is 22.6 Å². The second kappa shape index (κ2) is 5.13.